The second-order valence-corrected chi connectivity index (χ2v) is 9.08. The number of hydrogen-bond acceptors (Lipinski definition) is 5. The zero-order valence-electron chi connectivity index (χ0n) is 18.5. The van der Waals surface area contributed by atoms with Gasteiger partial charge in [0, 0.05) is 21.2 Å². The second kappa shape index (κ2) is 9.37. The quantitative estimate of drug-likeness (QED) is 0.312. The lowest BCUT2D eigenvalue weighted by Crippen LogP contribution is -2.46. The van der Waals surface area contributed by atoms with Gasteiger partial charge < -0.3 is 9.84 Å². The van der Waals surface area contributed by atoms with Crippen molar-refractivity contribution in [2.75, 3.05) is 11.2 Å². The first-order valence-corrected chi connectivity index (χ1v) is 12.3. The fourth-order valence-electron chi connectivity index (χ4n) is 4.04. The molecular formula is C26H21ClN4O2S. The monoisotopic (exact) mass is 488 g/mol. The molecule has 34 heavy (non-hydrogen) atoms. The second-order valence-electron chi connectivity index (χ2n) is 7.76. The van der Waals surface area contributed by atoms with Crippen molar-refractivity contribution in [1.82, 2.24) is 15.5 Å². The highest BCUT2D eigenvalue weighted by Gasteiger charge is 2.36. The molecule has 1 aliphatic rings. The van der Waals surface area contributed by atoms with E-state index in [4.69, 9.17) is 16.1 Å². The Morgan fingerprint density at radius 1 is 1.03 bits per heavy atom. The zero-order chi connectivity index (χ0) is 23.7. The summed E-state index contributed by atoms with van der Waals surface area (Å²) in [7, 11) is 0. The minimum absolute atomic E-state index is 0.245. The summed E-state index contributed by atoms with van der Waals surface area (Å²) >= 11 is 7.92. The summed E-state index contributed by atoms with van der Waals surface area (Å²) in [6.45, 7) is 1.89. The van der Waals surface area contributed by atoms with Crippen molar-refractivity contribution < 1.29 is 9.32 Å². The maximum absolute atomic E-state index is 13.3. The smallest absolute Gasteiger partial charge is 0.326 e. The Hall–Kier alpha value is -3.55. The summed E-state index contributed by atoms with van der Waals surface area (Å²) in [4.78, 5) is 20.7. The van der Waals surface area contributed by atoms with Gasteiger partial charge in [0.1, 0.15) is 0 Å². The van der Waals surface area contributed by atoms with Gasteiger partial charge in [-0.15, -0.1) is 11.8 Å². The van der Waals surface area contributed by atoms with Gasteiger partial charge in [0.2, 0.25) is 5.82 Å². The van der Waals surface area contributed by atoms with Crippen molar-refractivity contribution >= 4 is 40.7 Å². The summed E-state index contributed by atoms with van der Waals surface area (Å²) in [6, 6.07) is 24.1. The standard InChI is InChI=1S/C26H21ClN4O2S/c1-16-22(25-29-24(30-33-25)17-7-4-3-5-8-17)23(18-9-6-10-19(27)15-18)28-26(32)31(16)20-11-13-21(34-2)14-12-20/h3-15,23H,1-2H3,(H,28,32). The van der Waals surface area contributed by atoms with Crippen molar-refractivity contribution in [3.63, 3.8) is 0 Å². The van der Waals surface area contributed by atoms with Crippen molar-refractivity contribution in [3.8, 4) is 11.4 Å². The molecule has 4 aromatic rings. The number of urea groups is 1. The van der Waals surface area contributed by atoms with E-state index < -0.39 is 6.04 Å². The molecule has 0 aliphatic carbocycles. The van der Waals surface area contributed by atoms with Gasteiger partial charge in [-0.1, -0.05) is 59.2 Å². The number of nitrogens with one attached hydrogen (secondary N) is 1. The highest BCUT2D eigenvalue weighted by atomic mass is 35.5. The first-order valence-electron chi connectivity index (χ1n) is 10.7. The number of allylic oxidation sites excluding steroid dienone is 1. The number of carbonyl (C=O) groups excluding carboxylic acids is 1. The molecule has 1 N–H and O–H groups in total. The van der Waals surface area contributed by atoms with Crippen LogP contribution < -0.4 is 10.2 Å². The van der Waals surface area contributed by atoms with E-state index in [0.717, 1.165) is 21.7 Å². The number of aromatic nitrogens is 2. The average Bonchev–Trinajstić information content (AvgIpc) is 3.34. The molecule has 0 saturated heterocycles. The molecule has 2 heterocycles. The van der Waals surface area contributed by atoms with Crippen LogP contribution in [0, 0.1) is 0 Å². The molecule has 3 aromatic carbocycles. The number of halogens is 1. The van der Waals surface area contributed by atoms with Crippen LogP contribution >= 0.6 is 23.4 Å². The van der Waals surface area contributed by atoms with E-state index >= 15 is 0 Å². The molecular weight excluding hydrogens is 468 g/mol. The highest BCUT2D eigenvalue weighted by Crippen LogP contribution is 2.39. The van der Waals surface area contributed by atoms with Gasteiger partial charge in [-0.25, -0.2) is 4.79 Å². The number of amides is 2. The molecule has 1 aromatic heterocycles. The predicted molar refractivity (Wildman–Crippen MR) is 136 cm³/mol. The molecule has 0 spiro atoms. The van der Waals surface area contributed by atoms with Gasteiger partial charge in [-0.3, -0.25) is 4.90 Å². The number of thioether (sulfide) groups is 1. The molecule has 0 bridgehead atoms. The van der Waals surface area contributed by atoms with Crippen LogP contribution in [0.15, 0.2) is 94.0 Å². The Morgan fingerprint density at radius 3 is 2.50 bits per heavy atom. The van der Waals surface area contributed by atoms with E-state index in [1.54, 1.807) is 22.7 Å². The van der Waals surface area contributed by atoms with Crippen molar-refractivity contribution in [2.45, 2.75) is 17.9 Å². The van der Waals surface area contributed by atoms with Crippen LogP contribution in [-0.4, -0.2) is 22.4 Å². The lowest BCUT2D eigenvalue weighted by molar-refractivity contribution is 0.244. The fraction of sp³-hybridized carbons (Fsp3) is 0.115. The number of nitrogens with zero attached hydrogens (tertiary/aromatic N) is 3. The van der Waals surface area contributed by atoms with Gasteiger partial charge in [-0.05, 0) is 55.1 Å². The van der Waals surface area contributed by atoms with Gasteiger partial charge in [0.25, 0.3) is 5.89 Å². The summed E-state index contributed by atoms with van der Waals surface area (Å²) in [5.74, 6) is 0.820. The lowest BCUT2D eigenvalue weighted by Gasteiger charge is -2.35. The van der Waals surface area contributed by atoms with Crippen LogP contribution in [0.2, 0.25) is 5.02 Å². The molecule has 6 nitrogen and oxygen atoms in total. The van der Waals surface area contributed by atoms with E-state index in [2.05, 4.69) is 15.5 Å². The van der Waals surface area contributed by atoms with E-state index in [1.165, 1.54) is 0 Å². The summed E-state index contributed by atoms with van der Waals surface area (Å²) < 4.78 is 5.73. The van der Waals surface area contributed by atoms with Gasteiger partial charge in [0.15, 0.2) is 0 Å². The minimum Gasteiger partial charge on any atom is -0.334 e. The topological polar surface area (TPSA) is 71.3 Å². The predicted octanol–water partition coefficient (Wildman–Crippen LogP) is 6.81. The third-order valence-electron chi connectivity index (χ3n) is 5.69. The molecule has 170 valence electrons. The Morgan fingerprint density at radius 2 is 1.79 bits per heavy atom. The molecule has 0 saturated carbocycles. The fourth-order valence-corrected chi connectivity index (χ4v) is 4.64. The Labute approximate surface area is 206 Å². The van der Waals surface area contributed by atoms with Gasteiger partial charge in [0.05, 0.1) is 17.3 Å². The van der Waals surface area contributed by atoms with E-state index in [-0.39, 0.29) is 6.03 Å². The zero-order valence-corrected chi connectivity index (χ0v) is 20.1. The molecule has 1 unspecified atom stereocenters. The van der Waals surface area contributed by atoms with E-state index in [0.29, 0.717) is 28.0 Å². The highest BCUT2D eigenvalue weighted by molar-refractivity contribution is 7.98. The Kier molecular flexibility index (Phi) is 6.13. The molecule has 1 aliphatic heterocycles. The molecule has 0 fully saturated rings. The van der Waals surface area contributed by atoms with Crippen LogP contribution in [0.25, 0.3) is 17.0 Å². The maximum atomic E-state index is 13.3. The van der Waals surface area contributed by atoms with Gasteiger partial charge in [-0.2, -0.15) is 4.98 Å². The summed E-state index contributed by atoms with van der Waals surface area (Å²) in [5, 5.41) is 7.88. The van der Waals surface area contributed by atoms with Crippen molar-refractivity contribution in [2.24, 2.45) is 0 Å². The average molecular weight is 489 g/mol. The van der Waals surface area contributed by atoms with E-state index in [9.17, 15) is 4.79 Å². The van der Waals surface area contributed by atoms with Crippen LogP contribution in [0.5, 0.6) is 0 Å². The SMILES string of the molecule is CSc1ccc(N2C(=O)NC(c3cccc(Cl)c3)C(c3nc(-c4ccccc4)no3)=C2C)cc1. The van der Waals surface area contributed by atoms with Gasteiger partial charge >= 0.3 is 6.03 Å². The third kappa shape index (κ3) is 4.20. The van der Waals surface area contributed by atoms with Crippen LogP contribution in [0.1, 0.15) is 24.4 Å². The van der Waals surface area contributed by atoms with Crippen molar-refractivity contribution in [1.29, 1.82) is 0 Å². The normalized spacial score (nSPS) is 16.0. The minimum atomic E-state index is -0.503. The number of hydrogen-bond donors (Lipinski definition) is 1. The largest absolute Gasteiger partial charge is 0.334 e. The number of rotatable bonds is 5. The maximum Gasteiger partial charge on any atom is 0.326 e. The molecule has 2 amide bonds. The number of benzene rings is 3. The van der Waals surface area contributed by atoms with E-state index in [1.807, 2.05) is 86.0 Å². The number of carbonyl (C=O) groups is 1. The van der Waals surface area contributed by atoms with Crippen LogP contribution in [0.4, 0.5) is 10.5 Å². The van der Waals surface area contributed by atoms with Crippen LogP contribution in [-0.2, 0) is 0 Å². The molecule has 5 rings (SSSR count). The Bertz CT molecular complexity index is 1370. The first-order chi connectivity index (χ1) is 16.5. The Balaban J connectivity index is 1.65. The lowest BCUT2D eigenvalue weighted by atomic mass is 9.94. The third-order valence-corrected chi connectivity index (χ3v) is 6.66. The first kappa shape index (κ1) is 22.3. The van der Waals surface area contributed by atoms with Crippen LogP contribution in [0.3, 0.4) is 0 Å². The molecule has 1 atom stereocenters. The summed E-state index contributed by atoms with van der Waals surface area (Å²) in [6.07, 6.45) is 2.02. The summed E-state index contributed by atoms with van der Waals surface area (Å²) in [5.41, 5.74) is 3.84. The molecule has 0 radical (unpaired) electrons. The van der Waals surface area contributed by atoms with Crippen molar-refractivity contribution in [3.05, 3.63) is 101 Å². The number of anilines is 1. The molecule has 8 heteroatoms.